The number of nitrogens with one attached hydrogen (secondary N) is 1. The standard InChI is InChI=1S/C20H16N2O6S2/c1-3-27-16-8-12(9-17-18(23)21-20(29)30-17)4-5-15(16)28-19(24)13-6-11(2)7-14(10-13)22(25)26/h4-10H,3H2,1-2H3,(H,21,23,29)/b17-9-. The van der Waals surface area contributed by atoms with E-state index in [4.69, 9.17) is 21.7 Å². The van der Waals surface area contributed by atoms with E-state index < -0.39 is 10.9 Å². The van der Waals surface area contributed by atoms with E-state index in [9.17, 15) is 19.7 Å². The number of nitro groups is 1. The third kappa shape index (κ3) is 5.02. The van der Waals surface area contributed by atoms with Gasteiger partial charge in [-0.1, -0.05) is 30.0 Å². The number of ether oxygens (including phenoxy) is 2. The molecule has 0 bridgehead atoms. The topological polar surface area (TPSA) is 108 Å². The van der Waals surface area contributed by atoms with E-state index >= 15 is 0 Å². The molecule has 0 radical (unpaired) electrons. The molecule has 10 heteroatoms. The highest BCUT2D eigenvalue weighted by Crippen LogP contribution is 2.32. The lowest BCUT2D eigenvalue weighted by molar-refractivity contribution is -0.384. The third-order valence-electron chi connectivity index (χ3n) is 3.92. The number of carbonyl (C=O) groups is 2. The smallest absolute Gasteiger partial charge is 0.343 e. The van der Waals surface area contributed by atoms with Gasteiger partial charge in [0.15, 0.2) is 11.5 Å². The van der Waals surface area contributed by atoms with Gasteiger partial charge in [0.05, 0.1) is 22.0 Å². The summed E-state index contributed by atoms with van der Waals surface area (Å²) < 4.78 is 11.4. The zero-order valence-electron chi connectivity index (χ0n) is 16.0. The molecule has 2 aromatic rings. The number of thioether (sulfide) groups is 1. The quantitative estimate of drug-likeness (QED) is 0.178. The molecule has 8 nitrogen and oxygen atoms in total. The van der Waals surface area contributed by atoms with Crippen LogP contribution in [0.1, 0.15) is 28.4 Å². The van der Waals surface area contributed by atoms with Crippen molar-refractivity contribution in [2.24, 2.45) is 0 Å². The summed E-state index contributed by atoms with van der Waals surface area (Å²) >= 11 is 6.13. The number of amides is 1. The molecule has 1 heterocycles. The molecule has 3 rings (SSSR count). The molecule has 0 saturated carbocycles. The van der Waals surface area contributed by atoms with Crippen molar-refractivity contribution in [2.75, 3.05) is 6.61 Å². The minimum atomic E-state index is -0.745. The summed E-state index contributed by atoms with van der Waals surface area (Å²) in [5.74, 6) is -0.565. The molecule has 0 aliphatic carbocycles. The highest BCUT2D eigenvalue weighted by Gasteiger charge is 2.22. The number of nitrogens with zero attached hydrogens (tertiary/aromatic N) is 1. The van der Waals surface area contributed by atoms with Gasteiger partial charge in [-0.05, 0) is 49.2 Å². The first-order valence-electron chi connectivity index (χ1n) is 8.76. The average molecular weight is 444 g/mol. The van der Waals surface area contributed by atoms with Crippen molar-refractivity contribution in [3.05, 3.63) is 68.1 Å². The van der Waals surface area contributed by atoms with Crippen molar-refractivity contribution in [2.45, 2.75) is 13.8 Å². The largest absolute Gasteiger partial charge is 0.490 e. The number of hydrogen-bond donors (Lipinski definition) is 1. The Balaban J connectivity index is 1.88. The van der Waals surface area contributed by atoms with Gasteiger partial charge in [-0.15, -0.1) is 0 Å². The zero-order chi connectivity index (χ0) is 21.8. The minimum absolute atomic E-state index is 0.0582. The Morgan fingerprint density at radius 3 is 2.67 bits per heavy atom. The summed E-state index contributed by atoms with van der Waals surface area (Å²) in [6.07, 6.45) is 1.65. The number of non-ortho nitro benzene ring substituents is 1. The molecule has 1 N–H and O–H groups in total. The average Bonchev–Trinajstić information content (AvgIpc) is 3.00. The molecule has 0 aromatic heterocycles. The number of carbonyl (C=O) groups excluding carboxylic acids is 2. The normalized spacial score (nSPS) is 14.5. The summed E-state index contributed by atoms with van der Waals surface area (Å²) in [6.45, 7) is 3.75. The van der Waals surface area contributed by atoms with Gasteiger partial charge in [0, 0.05) is 12.1 Å². The summed E-state index contributed by atoms with van der Waals surface area (Å²) in [6, 6.07) is 8.86. The van der Waals surface area contributed by atoms with Gasteiger partial charge in [0.2, 0.25) is 0 Å². The van der Waals surface area contributed by atoms with Gasteiger partial charge in [-0.25, -0.2) is 4.79 Å². The molecule has 1 amide bonds. The van der Waals surface area contributed by atoms with E-state index in [1.165, 1.54) is 18.2 Å². The van der Waals surface area contributed by atoms with E-state index in [2.05, 4.69) is 5.32 Å². The Morgan fingerprint density at radius 1 is 1.27 bits per heavy atom. The van der Waals surface area contributed by atoms with Crippen LogP contribution in [-0.4, -0.2) is 27.7 Å². The minimum Gasteiger partial charge on any atom is -0.490 e. The number of benzene rings is 2. The van der Waals surface area contributed by atoms with Crippen LogP contribution in [0.25, 0.3) is 6.08 Å². The van der Waals surface area contributed by atoms with Crippen molar-refractivity contribution in [3.63, 3.8) is 0 Å². The van der Waals surface area contributed by atoms with Gasteiger partial charge < -0.3 is 14.8 Å². The maximum absolute atomic E-state index is 12.6. The fourth-order valence-corrected chi connectivity index (χ4v) is 3.73. The lowest BCUT2D eigenvalue weighted by atomic mass is 10.1. The summed E-state index contributed by atoms with van der Waals surface area (Å²) in [7, 11) is 0. The van der Waals surface area contributed by atoms with Crippen molar-refractivity contribution < 1.29 is 24.0 Å². The number of rotatable bonds is 6. The van der Waals surface area contributed by atoms with Crippen LogP contribution < -0.4 is 14.8 Å². The van der Waals surface area contributed by atoms with E-state index in [0.717, 1.165) is 17.8 Å². The van der Waals surface area contributed by atoms with Crippen LogP contribution in [0, 0.1) is 17.0 Å². The van der Waals surface area contributed by atoms with E-state index in [-0.39, 0.29) is 22.9 Å². The molecular formula is C20H16N2O6S2. The van der Waals surface area contributed by atoms with E-state index in [0.29, 0.717) is 32.7 Å². The van der Waals surface area contributed by atoms with E-state index in [1.54, 1.807) is 32.1 Å². The predicted molar refractivity (Wildman–Crippen MR) is 117 cm³/mol. The summed E-state index contributed by atoms with van der Waals surface area (Å²) in [5, 5.41) is 13.6. The van der Waals surface area contributed by atoms with E-state index in [1.807, 2.05) is 0 Å². The number of esters is 1. The number of thiocarbonyl (C=S) groups is 1. The molecule has 154 valence electrons. The first kappa shape index (κ1) is 21.5. The van der Waals surface area contributed by atoms with Crippen molar-refractivity contribution in [1.29, 1.82) is 0 Å². The highest BCUT2D eigenvalue weighted by molar-refractivity contribution is 8.26. The van der Waals surface area contributed by atoms with Crippen LogP contribution in [0.15, 0.2) is 41.3 Å². The number of nitro benzene ring substituents is 1. The van der Waals surface area contributed by atoms with Gasteiger partial charge >= 0.3 is 5.97 Å². The Labute approximate surface area is 181 Å². The Morgan fingerprint density at radius 2 is 2.03 bits per heavy atom. The van der Waals surface area contributed by atoms with Crippen LogP contribution in [-0.2, 0) is 4.79 Å². The first-order chi connectivity index (χ1) is 14.3. The van der Waals surface area contributed by atoms with Crippen molar-refractivity contribution in [3.8, 4) is 11.5 Å². The maximum Gasteiger partial charge on any atom is 0.343 e. The predicted octanol–water partition coefficient (Wildman–Crippen LogP) is 4.01. The molecule has 1 aliphatic heterocycles. The second-order valence-corrected chi connectivity index (χ2v) is 7.91. The fraction of sp³-hybridized carbons (Fsp3) is 0.150. The third-order valence-corrected chi connectivity index (χ3v) is 5.08. The monoisotopic (exact) mass is 444 g/mol. The van der Waals surface area contributed by atoms with Gasteiger partial charge in [-0.2, -0.15) is 0 Å². The Kier molecular flexibility index (Phi) is 6.48. The van der Waals surface area contributed by atoms with Crippen LogP contribution in [0.5, 0.6) is 11.5 Å². The lowest BCUT2D eigenvalue weighted by Gasteiger charge is -2.12. The molecule has 30 heavy (non-hydrogen) atoms. The zero-order valence-corrected chi connectivity index (χ0v) is 17.6. The number of aryl methyl sites for hydroxylation is 1. The second-order valence-electron chi connectivity index (χ2n) is 6.20. The van der Waals surface area contributed by atoms with Crippen LogP contribution in [0.4, 0.5) is 5.69 Å². The summed E-state index contributed by atoms with van der Waals surface area (Å²) in [4.78, 5) is 35.3. The molecule has 2 aromatic carbocycles. The molecular weight excluding hydrogens is 428 g/mol. The molecule has 0 atom stereocenters. The molecule has 1 fully saturated rings. The maximum atomic E-state index is 12.6. The second kappa shape index (κ2) is 9.06. The van der Waals surface area contributed by atoms with Gasteiger partial charge in [0.25, 0.3) is 11.6 Å². The van der Waals surface area contributed by atoms with Crippen molar-refractivity contribution in [1.82, 2.24) is 5.32 Å². The first-order valence-corrected chi connectivity index (χ1v) is 9.99. The van der Waals surface area contributed by atoms with Crippen LogP contribution >= 0.6 is 24.0 Å². The highest BCUT2D eigenvalue weighted by atomic mass is 32.2. The van der Waals surface area contributed by atoms with Gasteiger partial charge in [0.1, 0.15) is 4.32 Å². The number of hydrogen-bond acceptors (Lipinski definition) is 8. The van der Waals surface area contributed by atoms with Crippen LogP contribution in [0.3, 0.4) is 0 Å². The molecule has 0 spiro atoms. The van der Waals surface area contributed by atoms with Crippen molar-refractivity contribution >= 4 is 51.9 Å². The molecule has 1 saturated heterocycles. The van der Waals surface area contributed by atoms with Gasteiger partial charge in [-0.3, -0.25) is 14.9 Å². The summed E-state index contributed by atoms with van der Waals surface area (Å²) in [5.41, 5.74) is 1.09. The lowest BCUT2D eigenvalue weighted by Crippen LogP contribution is -2.17. The van der Waals surface area contributed by atoms with Crippen LogP contribution in [0.2, 0.25) is 0 Å². The molecule has 0 unspecified atom stereocenters. The molecule has 1 aliphatic rings. The fourth-order valence-electron chi connectivity index (χ4n) is 2.68. The Hall–Kier alpha value is -3.24. The Bertz CT molecular complexity index is 1100. The SMILES string of the molecule is CCOc1cc(/C=C2\SC(=S)NC2=O)ccc1OC(=O)c1cc(C)cc([N+](=O)[O-])c1.